The largest absolute Gasteiger partial charge is 0.456 e. The molecule has 5 nitrogen and oxygen atoms in total. The molecule has 0 radical (unpaired) electrons. The number of carbonyl (C=O) groups excluding carboxylic acids is 1. The summed E-state index contributed by atoms with van der Waals surface area (Å²) >= 11 is 6.09. The molecule has 1 amide bonds. The van der Waals surface area contributed by atoms with Gasteiger partial charge in [0.1, 0.15) is 11.5 Å². The molecule has 3 rings (SSSR count). The second-order valence-corrected chi connectivity index (χ2v) is 7.49. The van der Waals surface area contributed by atoms with Gasteiger partial charge < -0.3 is 15.8 Å². The molecular weight excluding hydrogens is 350 g/mol. The Bertz CT molecular complexity index is 766. The number of hydrogen-bond donors (Lipinski definition) is 2. The summed E-state index contributed by atoms with van der Waals surface area (Å²) in [4.78, 5) is 14.4. The minimum atomic E-state index is -0.0222. The van der Waals surface area contributed by atoms with E-state index >= 15 is 0 Å². The normalized spacial score (nSPS) is 20.1. The van der Waals surface area contributed by atoms with Crippen molar-refractivity contribution in [2.75, 3.05) is 31.5 Å². The van der Waals surface area contributed by atoms with Crippen molar-refractivity contribution in [3.05, 3.63) is 53.6 Å². The van der Waals surface area contributed by atoms with Crippen molar-refractivity contribution in [2.45, 2.75) is 13.3 Å². The summed E-state index contributed by atoms with van der Waals surface area (Å²) in [5.74, 6) is 1.24. The standard InChI is InChI=1S/C20H24ClN3O2/c1-20(13-22)10-11-24(14-20)12-19(25)23-15-6-8-16(9-7-15)26-18-5-3-2-4-17(18)21/h2-9H,10-14,22H2,1H3,(H,23,25). The van der Waals surface area contributed by atoms with E-state index < -0.39 is 0 Å². The van der Waals surface area contributed by atoms with Gasteiger partial charge in [-0.2, -0.15) is 0 Å². The highest BCUT2D eigenvalue weighted by atomic mass is 35.5. The summed E-state index contributed by atoms with van der Waals surface area (Å²) in [5, 5.41) is 3.48. The number of anilines is 1. The molecule has 2 aromatic rings. The van der Waals surface area contributed by atoms with E-state index in [1.54, 1.807) is 18.2 Å². The maximum atomic E-state index is 12.3. The first-order valence-electron chi connectivity index (χ1n) is 8.72. The van der Waals surface area contributed by atoms with E-state index in [4.69, 9.17) is 22.1 Å². The average molecular weight is 374 g/mol. The molecule has 2 aromatic carbocycles. The van der Waals surface area contributed by atoms with Crippen LogP contribution < -0.4 is 15.8 Å². The van der Waals surface area contributed by atoms with Crippen molar-refractivity contribution in [3.8, 4) is 11.5 Å². The summed E-state index contributed by atoms with van der Waals surface area (Å²) < 4.78 is 5.75. The number of amides is 1. The predicted octanol–water partition coefficient (Wildman–Crippen LogP) is 3.74. The molecule has 1 aliphatic rings. The quantitative estimate of drug-likeness (QED) is 0.809. The molecule has 0 saturated carbocycles. The lowest BCUT2D eigenvalue weighted by Gasteiger charge is -2.22. The van der Waals surface area contributed by atoms with E-state index in [2.05, 4.69) is 17.1 Å². The van der Waals surface area contributed by atoms with Crippen LogP contribution in [0, 0.1) is 5.41 Å². The van der Waals surface area contributed by atoms with Gasteiger partial charge in [0.25, 0.3) is 0 Å². The van der Waals surface area contributed by atoms with Gasteiger partial charge in [0, 0.05) is 12.2 Å². The van der Waals surface area contributed by atoms with Crippen LogP contribution in [0.4, 0.5) is 5.69 Å². The maximum Gasteiger partial charge on any atom is 0.238 e. The highest BCUT2D eigenvalue weighted by Crippen LogP contribution is 2.30. The summed E-state index contributed by atoms with van der Waals surface area (Å²) in [5.41, 5.74) is 6.68. The molecule has 1 unspecified atom stereocenters. The highest BCUT2D eigenvalue weighted by Gasteiger charge is 2.33. The third kappa shape index (κ3) is 4.75. The van der Waals surface area contributed by atoms with Gasteiger partial charge in [-0.25, -0.2) is 0 Å². The first-order valence-corrected chi connectivity index (χ1v) is 9.10. The minimum absolute atomic E-state index is 0.0222. The molecule has 0 aromatic heterocycles. The summed E-state index contributed by atoms with van der Waals surface area (Å²) in [7, 11) is 0. The number of carbonyl (C=O) groups is 1. The van der Waals surface area contributed by atoms with E-state index in [-0.39, 0.29) is 11.3 Å². The van der Waals surface area contributed by atoms with Crippen LogP contribution in [-0.4, -0.2) is 37.0 Å². The molecule has 1 fully saturated rings. The van der Waals surface area contributed by atoms with Crippen LogP contribution in [-0.2, 0) is 4.79 Å². The van der Waals surface area contributed by atoms with Crippen molar-refractivity contribution >= 4 is 23.2 Å². The Morgan fingerprint density at radius 2 is 2.00 bits per heavy atom. The lowest BCUT2D eigenvalue weighted by atomic mass is 9.90. The molecule has 1 heterocycles. The Balaban J connectivity index is 1.53. The van der Waals surface area contributed by atoms with Gasteiger partial charge in [-0.15, -0.1) is 0 Å². The van der Waals surface area contributed by atoms with E-state index in [0.29, 0.717) is 29.6 Å². The first kappa shape index (κ1) is 18.7. The number of ether oxygens (including phenoxy) is 1. The number of likely N-dealkylation sites (tertiary alicyclic amines) is 1. The number of nitrogens with two attached hydrogens (primary N) is 1. The molecule has 0 bridgehead atoms. The average Bonchev–Trinajstić information content (AvgIpc) is 3.00. The van der Waals surface area contributed by atoms with Crippen LogP contribution in [0.1, 0.15) is 13.3 Å². The van der Waals surface area contributed by atoms with Crippen LogP contribution in [0.25, 0.3) is 0 Å². The van der Waals surface area contributed by atoms with Crippen molar-refractivity contribution in [1.82, 2.24) is 4.90 Å². The maximum absolute atomic E-state index is 12.3. The zero-order valence-corrected chi connectivity index (χ0v) is 15.6. The Morgan fingerprint density at radius 3 is 2.65 bits per heavy atom. The number of nitrogens with one attached hydrogen (secondary N) is 1. The zero-order valence-electron chi connectivity index (χ0n) is 14.9. The number of rotatable bonds is 6. The molecule has 138 valence electrons. The molecule has 1 atom stereocenters. The minimum Gasteiger partial charge on any atom is -0.456 e. The number of hydrogen-bond acceptors (Lipinski definition) is 4. The second kappa shape index (κ2) is 8.08. The fraction of sp³-hybridized carbons (Fsp3) is 0.350. The van der Waals surface area contributed by atoms with E-state index in [9.17, 15) is 4.79 Å². The summed E-state index contributed by atoms with van der Waals surface area (Å²) in [6, 6.07) is 14.5. The van der Waals surface area contributed by atoms with Gasteiger partial charge in [0.2, 0.25) is 5.91 Å². The molecule has 3 N–H and O–H groups in total. The van der Waals surface area contributed by atoms with Crippen molar-refractivity contribution < 1.29 is 9.53 Å². The molecule has 1 saturated heterocycles. The van der Waals surface area contributed by atoms with Crippen molar-refractivity contribution in [2.24, 2.45) is 11.1 Å². The summed E-state index contributed by atoms with van der Waals surface area (Å²) in [6.07, 6.45) is 1.03. The smallest absolute Gasteiger partial charge is 0.238 e. The van der Waals surface area contributed by atoms with Crippen LogP contribution in [0.2, 0.25) is 5.02 Å². The van der Waals surface area contributed by atoms with Gasteiger partial charge in [-0.3, -0.25) is 9.69 Å². The number of halogens is 1. The van der Waals surface area contributed by atoms with Crippen LogP contribution in [0.3, 0.4) is 0 Å². The van der Waals surface area contributed by atoms with Crippen molar-refractivity contribution in [1.29, 1.82) is 0 Å². The SMILES string of the molecule is CC1(CN)CCN(CC(=O)Nc2ccc(Oc3ccccc3Cl)cc2)C1. The van der Waals surface area contributed by atoms with Crippen LogP contribution in [0.5, 0.6) is 11.5 Å². The van der Waals surface area contributed by atoms with Crippen LogP contribution in [0.15, 0.2) is 48.5 Å². The van der Waals surface area contributed by atoms with E-state index in [1.165, 1.54) is 0 Å². The van der Waals surface area contributed by atoms with E-state index in [0.717, 1.165) is 25.2 Å². The van der Waals surface area contributed by atoms with Gasteiger partial charge in [-0.05, 0) is 61.3 Å². The Labute approximate surface area is 159 Å². The number of nitrogens with zero attached hydrogens (tertiary/aromatic N) is 1. The predicted molar refractivity (Wildman–Crippen MR) is 105 cm³/mol. The fourth-order valence-corrected chi connectivity index (χ4v) is 3.27. The third-order valence-electron chi connectivity index (χ3n) is 4.70. The lowest BCUT2D eigenvalue weighted by Crippen LogP contribution is -2.35. The Kier molecular flexibility index (Phi) is 5.81. The lowest BCUT2D eigenvalue weighted by molar-refractivity contribution is -0.117. The van der Waals surface area contributed by atoms with Gasteiger partial charge in [-0.1, -0.05) is 30.7 Å². The van der Waals surface area contributed by atoms with Gasteiger partial charge in [0.05, 0.1) is 11.6 Å². The Hall–Kier alpha value is -2.08. The highest BCUT2D eigenvalue weighted by molar-refractivity contribution is 6.32. The fourth-order valence-electron chi connectivity index (χ4n) is 3.09. The van der Waals surface area contributed by atoms with E-state index in [1.807, 2.05) is 30.3 Å². The monoisotopic (exact) mass is 373 g/mol. The first-order chi connectivity index (χ1) is 12.5. The summed E-state index contributed by atoms with van der Waals surface area (Å²) in [6.45, 7) is 4.97. The van der Waals surface area contributed by atoms with Crippen molar-refractivity contribution in [3.63, 3.8) is 0 Å². The Morgan fingerprint density at radius 1 is 1.27 bits per heavy atom. The molecule has 26 heavy (non-hydrogen) atoms. The molecule has 6 heteroatoms. The number of para-hydroxylation sites is 1. The topological polar surface area (TPSA) is 67.6 Å². The zero-order chi connectivity index (χ0) is 18.6. The molecule has 0 spiro atoms. The second-order valence-electron chi connectivity index (χ2n) is 7.08. The van der Waals surface area contributed by atoms with Gasteiger partial charge >= 0.3 is 0 Å². The number of benzene rings is 2. The molecule has 1 aliphatic heterocycles. The third-order valence-corrected chi connectivity index (χ3v) is 5.01. The molecular formula is C20H24ClN3O2. The van der Waals surface area contributed by atoms with Gasteiger partial charge in [0.15, 0.2) is 0 Å². The van der Waals surface area contributed by atoms with Crippen LogP contribution >= 0.6 is 11.6 Å². The molecule has 0 aliphatic carbocycles.